The molecule has 2 N–H and O–H groups in total. The van der Waals surface area contributed by atoms with Crippen molar-refractivity contribution in [3.8, 4) is 0 Å². The van der Waals surface area contributed by atoms with E-state index in [1.54, 1.807) is 0 Å². The molecule has 88 valence electrons. The molecule has 1 aromatic rings. The number of hydrogen-bond donors (Lipinski definition) is 1. The van der Waals surface area contributed by atoms with Gasteiger partial charge in [-0.1, -0.05) is 18.5 Å². The summed E-state index contributed by atoms with van der Waals surface area (Å²) in [6.07, 6.45) is 0. The molecule has 0 radical (unpaired) electrons. The van der Waals surface area contributed by atoms with Crippen LogP contribution in [0.1, 0.15) is 12.5 Å². The molecular weight excluding hydrogens is 240 g/mol. The third kappa shape index (κ3) is 2.41. The van der Waals surface area contributed by atoms with Gasteiger partial charge in [0.15, 0.2) is 0 Å². The van der Waals surface area contributed by atoms with E-state index in [4.69, 9.17) is 17.3 Å². The molecule has 16 heavy (non-hydrogen) atoms. The van der Waals surface area contributed by atoms with Crippen molar-refractivity contribution in [2.75, 3.05) is 29.5 Å². The summed E-state index contributed by atoms with van der Waals surface area (Å²) in [5, 5.41) is 1.34. The Labute approximate surface area is 106 Å². The number of benzene rings is 1. The fraction of sp³-hybridized carbons (Fsp3) is 0.500. The van der Waals surface area contributed by atoms with E-state index >= 15 is 0 Å². The summed E-state index contributed by atoms with van der Waals surface area (Å²) in [6, 6.07) is 3.96. The number of thioether (sulfide) groups is 1. The van der Waals surface area contributed by atoms with Gasteiger partial charge in [0, 0.05) is 29.8 Å². The molecule has 1 saturated heterocycles. The molecule has 1 aliphatic heterocycles. The van der Waals surface area contributed by atoms with E-state index < -0.39 is 0 Å². The highest BCUT2D eigenvalue weighted by Crippen LogP contribution is 2.31. The molecule has 0 bridgehead atoms. The Balaban J connectivity index is 2.29. The first kappa shape index (κ1) is 11.9. The molecule has 4 heteroatoms. The number of halogens is 1. The van der Waals surface area contributed by atoms with Gasteiger partial charge in [0.05, 0.1) is 10.7 Å². The lowest BCUT2D eigenvalue weighted by atomic mass is 10.1. The Morgan fingerprint density at radius 1 is 1.50 bits per heavy atom. The van der Waals surface area contributed by atoms with Crippen LogP contribution in [0.3, 0.4) is 0 Å². The van der Waals surface area contributed by atoms with Gasteiger partial charge in [-0.2, -0.15) is 11.8 Å². The highest BCUT2D eigenvalue weighted by atomic mass is 35.5. The van der Waals surface area contributed by atoms with E-state index in [9.17, 15) is 0 Å². The predicted octanol–water partition coefficient (Wildman–Crippen LogP) is 3.17. The molecule has 0 amide bonds. The molecule has 2 nitrogen and oxygen atoms in total. The minimum Gasteiger partial charge on any atom is -0.398 e. The lowest BCUT2D eigenvalue weighted by Crippen LogP contribution is -2.37. The molecule has 1 heterocycles. The van der Waals surface area contributed by atoms with Crippen LogP contribution in [0.5, 0.6) is 0 Å². The SMILES string of the molecule is Cc1cc(N)c(Cl)cc1N1CCSC(C)C1. The van der Waals surface area contributed by atoms with Crippen LogP contribution in [0.25, 0.3) is 0 Å². The molecule has 1 atom stereocenters. The molecule has 0 saturated carbocycles. The minimum absolute atomic E-state index is 0.659. The van der Waals surface area contributed by atoms with Gasteiger partial charge in [-0.15, -0.1) is 0 Å². The topological polar surface area (TPSA) is 29.3 Å². The largest absolute Gasteiger partial charge is 0.398 e. The lowest BCUT2D eigenvalue weighted by Gasteiger charge is -2.33. The fourth-order valence-electron chi connectivity index (χ4n) is 2.07. The van der Waals surface area contributed by atoms with E-state index in [1.807, 2.05) is 23.9 Å². The molecule has 1 fully saturated rings. The third-order valence-electron chi connectivity index (χ3n) is 2.90. The van der Waals surface area contributed by atoms with Crippen LogP contribution in [0, 0.1) is 6.92 Å². The fourth-order valence-corrected chi connectivity index (χ4v) is 3.24. The molecule has 2 rings (SSSR count). The van der Waals surface area contributed by atoms with Crippen LogP contribution in [0.15, 0.2) is 12.1 Å². The summed E-state index contributed by atoms with van der Waals surface area (Å²) in [6.45, 7) is 6.54. The number of rotatable bonds is 1. The van der Waals surface area contributed by atoms with Crippen LogP contribution in [0.2, 0.25) is 5.02 Å². The molecule has 0 aromatic heterocycles. The van der Waals surface area contributed by atoms with Crippen LogP contribution < -0.4 is 10.6 Å². The maximum Gasteiger partial charge on any atom is 0.0656 e. The molecule has 1 aliphatic rings. The lowest BCUT2D eigenvalue weighted by molar-refractivity contribution is 0.780. The van der Waals surface area contributed by atoms with Crippen molar-refractivity contribution in [2.45, 2.75) is 19.1 Å². The molecular formula is C12H17ClN2S. The molecule has 1 unspecified atom stereocenters. The van der Waals surface area contributed by atoms with E-state index in [-0.39, 0.29) is 0 Å². The van der Waals surface area contributed by atoms with Gasteiger partial charge >= 0.3 is 0 Å². The second-order valence-corrected chi connectivity index (χ2v) is 6.24. The minimum atomic E-state index is 0.659. The standard InChI is InChI=1S/C12H17ClN2S/c1-8-5-11(14)10(13)6-12(8)15-3-4-16-9(2)7-15/h5-6,9H,3-4,7,14H2,1-2H3. The van der Waals surface area contributed by atoms with Gasteiger partial charge in [-0.05, 0) is 24.6 Å². The first-order valence-corrected chi connectivity index (χ1v) is 6.93. The highest BCUT2D eigenvalue weighted by molar-refractivity contribution is 8.00. The molecule has 0 aliphatic carbocycles. The molecule has 1 aromatic carbocycles. The van der Waals surface area contributed by atoms with Gasteiger partial charge in [0.25, 0.3) is 0 Å². The van der Waals surface area contributed by atoms with Crippen molar-refractivity contribution >= 4 is 34.7 Å². The Hall–Kier alpha value is -0.540. The van der Waals surface area contributed by atoms with Crippen LogP contribution >= 0.6 is 23.4 Å². The van der Waals surface area contributed by atoms with Gasteiger partial charge in [0.1, 0.15) is 0 Å². The second kappa shape index (κ2) is 4.76. The predicted molar refractivity (Wildman–Crippen MR) is 74.7 cm³/mol. The van der Waals surface area contributed by atoms with E-state index in [1.165, 1.54) is 17.0 Å². The van der Waals surface area contributed by atoms with Gasteiger partial charge in [-0.3, -0.25) is 0 Å². The van der Waals surface area contributed by atoms with E-state index in [0.717, 1.165) is 13.1 Å². The maximum atomic E-state index is 6.08. The van der Waals surface area contributed by atoms with Crippen molar-refractivity contribution in [1.29, 1.82) is 0 Å². The number of nitrogen functional groups attached to an aromatic ring is 1. The first-order valence-electron chi connectivity index (χ1n) is 5.50. The van der Waals surface area contributed by atoms with E-state index in [0.29, 0.717) is 16.0 Å². The Morgan fingerprint density at radius 3 is 2.94 bits per heavy atom. The van der Waals surface area contributed by atoms with Crippen molar-refractivity contribution in [1.82, 2.24) is 0 Å². The summed E-state index contributed by atoms with van der Waals surface area (Å²) in [4.78, 5) is 2.40. The summed E-state index contributed by atoms with van der Waals surface area (Å²) in [7, 11) is 0. The number of hydrogen-bond acceptors (Lipinski definition) is 3. The average molecular weight is 257 g/mol. The smallest absolute Gasteiger partial charge is 0.0656 e. The van der Waals surface area contributed by atoms with Crippen LogP contribution in [0.4, 0.5) is 11.4 Å². The number of nitrogens with zero attached hydrogens (tertiary/aromatic N) is 1. The van der Waals surface area contributed by atoms with Crippen molar-refractivity contribution in [2.24, 2.45) is 0 Å². The number of nitrogens with two attached hydrogens (primary N) is 1. The van der Waals surface area contributed by atoms with Gasteiger partial charge in [-0.25, -0.2) is 0 Å². The monoisotopic (exact) mass is 256 g/mol. The number of anilines is 2. The highest BCUT2D eigenvalue weighted by Gasteiger charge is 2.19. The summed E-state index contributed by atoms with van der Waals surface area (Å²) in [5.41, 5.74) is 8.90. The Bertz CT molecular complexity index is 395. The Morgan fingerprint density at radius 2 is 2.25 bits per heavy atom. The zero-order valence-corrected chi connectivity index (χ0v) is 11.2. The number of aryl methyl sites for hydroxylation is 1. The van der Waals surface area contributed by atoms with E-state index in [2.05, 4.69) is 18.7 Å². The van der Waals surface area contributed by atoms with Crippen molar-refractivity contribution < 1.29 is 0 Å². The maximum absolute atomic E-state index is 6.08. The quantitative estimate of drug-likeness (QED) is 0.783. The zero-order chi connectivity index (χ0) is 11.7. The second-order valence-electron chi connectivity index (χ2n) is 4.29. The van der Waals surface area contributed by atoms with Gasteiger partial charge in [0.2, 0.25) is 0 Å². The third-order valence-corrected chi connectivity index (χ3v) is 4.36. The Kier molecular flexibility index (Phi) is 3.55. The van der Waals surface area contributed by atoms with Crippen molar-refractivity contribution in [3.63, 3.8) is 0 Å². The van der Waals surface area contributed by atoms with Gasteiger partial charge < -0.3 is 10.6 Å². The first-order chi connectivity index (χ1) is 7.58. The molecule has 0 spiro atoms. The summed E-state index contributed by atoms with van der Waals surface area (Å²) >= 11 is 8.11. The zero-order valence-electron chi connectivity index (χ0n) is 9.66. The summed E-state index contributed by atoms with van der Waals surface area (Å²) < 4.78 is 0. The average Bonchev–Trinajstić information content (AvgIpc) is 2.23. The summed E-state index contributed by atoms with van der Waals surface area (Å²) in [5.74, 6) is 1.18. The normalized spacial score (nSPS) is 21.2. The van der Waals surface area contributed by atoms with Crippen molar-refractivity contribution in [3.05, 3.63) is 22.7 Å². The van der Waals surface area contributed by atoms with Crippen LogP contribution in [-0.2, 0) is 0 Å². The van der Waals surface area contributed by atoms with Crippen LogP contribution in [-0.4, -0.2) is 24.1 Å².